The first-order valence-corrected chi connectivity index (χ1v) is 10.1. The van der Waals surface area contributed by atoms with Gasteiger partial charge in [0, 0.05) is 25.2 Å². The lowest BCUT2D eigenvalue weighted by molar-refractivity contribution is -0.139. The van der Waals surface area contributed by atoms with Gasteiger partial charge in [-0.3, -0.25) is 9.59 Å². The molecule has 2 amide bonds. The van der Waals surface area contributed by atoms with E-state index < -0.39 is 16.1 Å². The standard InChI is InChI=1S/C17H23N3O5S/c1-12-4-5-13(26(18,23)24)11-14(12)16(21)20-6-2-3-15(20)17(22)19-7-9-25-10-8-19/h4-5,11,15H,2-3,6-10H2,1H3,(H2,18,23,24)/t15-/m0/s1. The summed E-state index contributed by atoms with van der Waals surface area (Å²) in [6, 6.07) is 3.71. The molecular formula is C17H23N3O5S. The fourth-order valence-electron chi connectivity index (χ4n) is 3.42. The molecule has 8 nitrogen and oxygen atoms in total. The molecule has 2 N–H and O–H groups in total. The summed E-state index contributed by atoms with van der Waals surface area (Å²) in [6.45, 7) is 4.26. The van der Waals surface area contributed by atoms with Gasteiger partial charge < -0.3 is 14.5 Å². The number of carbonyl (C=O) groups is 2. The molecule has 0 aliphatic carbocycles. The van der Waals surface area contributed by atoms with E-state index in [0.717, 1.165) is 6.42 Å². The topological polar surface area (TPSA) is 110 Å². The number of nitrogens with two attached hydrogens (primary N) is 1. The van der Waals surface area contributed by atoms with Crippen molar-refractivity contribution in [2.45, 2.75) is 30.7 Å². The Kier molecular flexibility index (Phi) is 5.31. The number of morpholine rings is 1. The van der Waals surface area contributed by atoms with E-state index >= 15 is 0 Å². The highest BCUT2D eigenvalue weighted by Crippen LogP contribution is 2.25. The highest BCUT2D eigenvalue weighted by molar-refractivity contribution is 7.89. The minimum absolute atomic E-state index is 0.0700. The minimum Gasteiger partial charge on any atom is -0.378 e. The van der Waals surface area contributed by atoms with Gasteiger partial charge in [0.15, 0.2) is 0 Å². The van der Waals surface area contributed by atoms with Gasteiger partial charge in [-0.05, 0) is 37.5 Å². The van der Waals surface area contributed by atoms with Crippen LogP contribution in [0.15, 0.2) is 23.1 Å². The first kappa shape index (κ1) is 18.8. The molecule has 1 atom stereocenters. The quantitative estimate of drug-likeness (QED) is 0.799. The maximum Gasteiger partial charge on any atom is 0.254 e. The Hall–Kier alpha value is -1.97. The average molecular weight is 381 g/mol. The van der Waals surface area contributed by atoms with Crippen LogP contribution in [0.1, 0.15) is 28.8 Å². The van der Waals surface area contributed by atoms with Crippen molar-refractivity contribution in [3.8, 4) is 0 Å². The van der Waals surface area contributed by atoms with Crippen LogP contribution in [0.2, 0.25) is 0 Å². The van der Waals surface area contributed by atoms with E-state index in [2.05, 4.69) is 0 Å². The summed E-state index contributed by atoms with van der Waals surface area (Å²) in [5, 5.41) is 5.18. The molecule has 0 aromatic heterocycles. The Morgan fingerprint density at radius 2 is 1.88 bits per heavy atom. The Morgan fingerprint density at radius 1 is 1.19 bits per heavy atom. The summed E-state index contributed by atoms with van der Waals surface area (Å²) < 4.78 is 28.5. The van der Waals surface area contributed by atoms with Crippen LogP contribution in [-0.2, 0) is 19.6 Å². The van der Waals surface area contributed by atoms with E-state index in [1.807, 2.05) is 0 Å². The first-order valence-electron chi connectivity index (χ1n) is 8.60. The van der Waals surface area contributed by atoms with Gasteiger partial charge in [0.25, 0.3) is 5.91 Å². The third kappa shape index (κ3) is 3.74. The van der Waals surface area contributed by atoms with E-state index in [4.69, 9.17) is 9.88 Å². The molecule has 2 heterocycles. The molecule has 1 aromatic rings. The molecule has 2 aliphatic rings. The Labute approximate surface area is 152 Å². The second-order valence-electron chi connectivity index (χ2n) is 6.62. The summed E-state index contributed by atoms with van der Waals surface area (Å²) >= 11 is 0. The molecule has 3 rings (SSSR count). The van der Waals surface area contributed by atoms with Crippen LogP contribution in [0.5, 0.6) is 0 Å². The van der Waals surface area contributed by atoms with Crippen LogP contribution in [0.25, 0.3) is 0 Å². The fraction of sp³-hybridized carbons (Fsp3) is 0.529. The van der Waals surface area contributed by atoms with Crippen molar-refractivity contribution < 1.29 is 22.7 Å². The van der Waals surface area contributed by atoms with Gasteiger partial charge in [0.1, 0.15) is 6.04 Å². The maximum absolute atomic E-state index is 13.0. The molecule has 0 saturated carbocycles. The molecule has 2 aliphatic heterocycles. The molecule has 0 unspecified atom stereocenters. The van der Waals surface area contributed by atoms with Crippen LogP contribution in [-0.4, -0.2) is 68.9 Å². The molecule has 0 radical (unpaired) electrons. The van der Waals surface area contributed by atoms with E-state index in [1.165, 1.54) is 12.1 Å². The highest BCUT2D eigenvalue weighted by atomic mass is 32.2. The normalized spacial score (nSPS) is 21.1. The van der Waals surface area contributed by atoms with Crippen molar-refractivity contribution in [1.82, 2.24) is 9.80 Å². The predicted molar refractivity (Wildman–Crippen MR) is 94.0 cm³/mol. The highest BCUT2D eigenvalue weighted by Gasteiger charge is 2.37. The minimum atomic E-state index is -3.91. The first-order chi connectivity index (χ1) is 12.3. The van der Waals surface area contributed by atoms with Crippen molar-refractivity contribution >= 4 is 21.8 Å². The molecule has 2 saturated heterocycles. The fourth-order valence-corrected chi connectivity index (χ4v) is 3.96. The second-order valence-corrected chi connectivity index (χ2v) is 8.18. The van der Waals surface area contributed by atoms with Gasteiger partial charge in [-0.1, -0.05) is 6.07 Å². The molecule has 0 bridgehead atoms. The van der Waals surface area contributed by atoms with Gasteiger partial charge in [0.05, 0.1) is 18.1 Å². The van der Waals surface area contributed by atoms with Crippen molar-refractivity contribution in [1.29, 1.82) is 0 Å². The van der Waals surface area contributed by atoms with Crippen molar-refractivity contribution in [3.05, 3.63) is 29.3 Å². The number of hydrogen-bond acceptors (Lipinski definition) is 5. The van der Waals surface area contributed by atoms with Crippen molar-refractivity contribution in [2.24, 2.45) is 5.14 Å². The lowest BCUT2D eigenvalue weighted by atomic mass is 10.1. The number of aryl methyl sites for hydroxylation is 1. The molecule has 2 fully saturated rings. The lowest BCUT2D eigenvalue weighted by Crippen LogP contribution is -2.51. The van der Waals surface area contributed by atoms with Crippen LogP contribution < -0.4 is 5.14 Å². The van der Waals surface area contributed by atoms with Crippen LogP contribution >= 0.6 is 0 Å². The average Bonchev–Trinajstić information content (AvgIpc) is 3.10. The Morgan fingerprint density at radius 3 is 2.54 bits per heavy atom. The number of amides is 2. The molecule has 142 valence electrons. The van der Waals surface area contributed by atoms with Gasteiger partial charge in [0.2, 0.25) is 15.9 Å². The summed E-state index contributed by atoms with van der Waals surface area (Å²) in [5.74, 6) is -0.406. The third-order valence-electron chi connectivity index (χ3n) is 4.89. The molecule has 0 spiro atoms. The lowest BCUT2D eigenvalue weighted by Gasteiger charge is -2.32. The number of ether oxygens (including phenoxy) is 1. The van der Waals surface area contributed by atoms with Gasteiger partial charge in [-0.15, -0.1) is 0 Å². The van der Waals surface area contributed by atoms with Gasteiger partial charge >= 0.3 is 0 Å². The molecule has 26 heavy (non-hydrogen) atoms. The zero-order valence-corrected chi connectivity index (χ0v) is 15.5. The van der Waals surface area contributed by atoms with Crippen LogP contribution in [0, 0.1) is 6.92 Å². The summed E-state index contributed by atoms with van der Waals surface area (Å²) in [4.78, 5) is 29.0. The van der Waals surface area contributed by atoms with E-state index in [9.17, 15) is 18.0 Å². The number of rotatable bonds is 3. The van der Waals surface area contributed by atoms with E-state index in [-0.39, 0.29) is 22.3 Å². The molecule has 9 heteroatoms. The third-order valence-corrected chi connectivity index (χ3v) is 5.80. The van der Waals surface area contributed by atoms with Crippen molar-refractivity contribution in [2.75, 3.05) is 32.8 Å². The number of likely N-dealkylation sites (tertiary alicyclic amines) is 1. The molecular weight excluding hydrogens is 358 g/mol. The zero-order chi connectivity index (χ0) is 18.9. The smallest absolute Gasteiger partial charge is 0.254 e. The summed E-state index contributed by atoms with van der Waals surface area (Å²) in [5.41, 5.74) is 0.907. The molecule has 1 aromatic carbocycles. The SMILES string of the molecule is Cc1ccc(S(N)(=O)=O)cc1C(=O)N1CCC[C@H]1C(=O)N1CCOCC1. The zero-order valence-electron chi connectivity index (χ0n) is 14.7. The van der Waals surface area contributed by atoms with Gasteiger partial charge in [-0.25, -0.2) is 13.6 Å². The number of hydrogen-bond donors (Lipinski definition) is 1. The Balaban J connectivity index is 1.85. The van der Waals surface area contributed by atoms with Crippen LogP contribution in [0.3, 0.4) is 0 Å². The van der Waals surface area contributed by atoms with E-state index in [1.54, 1.807) is 22.8 Å². The summed E-state index contributed by atoms with van der Waals surface area (Å²) in [7, 11) is -3.91. The predicted octanol–water partition coefficient (Wildman–Crippen LogP) is 0.106. The number of benzene rings is 1. The number of primary sulfonamides is 1. The monoisotopic (exact) mass is 381 g/mol. The Bertz CT molecular complexity index is 818. The van der Waals surface area contributed by atoms with E-state index in [0.29, 0.717) is 44.8 Å². The number of carbonyl (C=O) groups excluding carboxylic acids is 2. The van der Waals surface area contributed by atoms with Crippen LogP contribution in [0.4, 0.5) is 0 Å². The largest absolute Gasteiger partial charge is 0.378 e. The summed E-state index contributed by atoms with van der Waals surface area (Å²) in [6.07, 6.45) is 1.34. The maximum atomic E-state index is 13.0. The number of sulfonamides is 1. The second kappa shape index (κ2) is 7.34. The van der Waals surface area contributed by atoms with Gasteiger partial charge in [-0.2, -0.15) is 0 Å². The van der Waals surface area contributed by atoms with Crippen molar-refractivity contribution in [3.63, 3.8) is 0 Å². The number of nitrogens with zero attached hydrogens (tertiary/aromatic N) is 2.